The van der Waals surface area contributed by atoms with Crippen molar-refractivity contribution in [1.29, 1.82) is 0 Å². The molecule has 0 aliphatic carbocycles. The van der Waals surface area contributed by atoms with Gasteiger partial charge < -0.3 is 14.5 Å². The van der Waals surface area contributed by atoms with E-state index < -0.39 is 0 Å². The number of pyridine rings is 2. The van der Waals surface area contributed by atoms with Crippen molar-refractivity contribution in [1.82, 2.24) is 19.9 Å². The van der Waals surface area contributed by atoms with E-state index in [1.54, 1.807) is 25.6 Å². The molecule has 0 aliphatic rings. The summed E-state index contributed by atoms with van der Waals surface area (Å²) < 4.78 is 10.8. The summed E-state index contributed by atoms with van der Waals surface area (Å²) in [5.74, 6) is 0.601. The first-order valence-corrected chi connectivity index (χ1v) is 9.24. The molecule has 146 valence electrons. The topological polar surface area (TPSA) is 90.0 Å². The van der Waals surface area contributed by atoms with Gasteiger partial charge in [0, 0.05) is 23.8 Å². The summed E-state index contributed by atoms with van der Waals surface area (Å²) in [6.07, 6.45) is 3.84. The molecule has 3 aromatic heterocycles. The average molecular weight is 409 g/mol. The number of nitrogens with zero attached hydrogens (tertiary/aromatic N) is 3. The summed E-state index contributed by atoms with van der Waals surface area (Å²) in [7, 11) is 1.57. The molecule has 0 atom stereocenters. The smallest absolute Gasteiger partial charge is 0.318 e. The molecule has 29 heavy (non-hydrogen) atoms. The van der Waals surface area contributed by atoms with Crippen molar-refractivity contribution in [2.24, 2.45) is 0 Å². The number of aromatic nitrogens is 4. The van der Waals surface area contributed by atoms with Crippen LogP contribution in [0.15, 0.2) is 59.7 Å². The van der Waals surface area contributed by atoms with E-state index in [-0.39, 0.29) is 18.2 Å². The highest BCUT2D eigenvalue weighted by atomic mass is 35.5. The monoisotopic (exact) mass is 408 g/mol. The van der Waals surface area contributed by atoms with Crippen molar-refractivity contribution in [2.45, 2.75) is 13.0 Å². The highest BCUT2D eigenvalue weighted by Crippen LogP contribution is 2.27. The van der Waals surface area contributed by atoms with E-state index in [0.29, 0.717) is 22.8 Å². The molecule has 0 bridgehead atoms. The lowest BCUT2D eigenvalue weighted by Crippen LogP contribution is -2.09. The van der Waals surface area contributed by atoms with Gasteiger partial charge in [-0.2, -0.15) is 4.98 Å². The van der Waals surface area contributed by atoms with Crippen LogP contribution in [0.25, 0.3) is 11.0 Å². The van der Waals surface area contributed by atoms with Crippen molar-refractivity contribution >= 4 is 22.6 Å². The Hall–Kier alpha value is -3.45. The summed E-state index contributed by atoms with van der Waals surface area (Å²) in [6, 6.07) is 12.8. The van der Waals surface area contributed by atoms with E-state index in [1.807, 2.05) is 30.3 Å². The second-order valence-electron chi connectivity index (χ2n) is 6.33. The minimum atomic E-state index is -0.249. The Bertz CT molecular complexity index is 1210. The van der Waals surface area contributed by atoms with Crippen LogP contribution in [-0.2, 0) is 13.0 Å². The number of rotatable bonds is 6. The minimum Gasteiger partial charge on any atom is -0.495 e. The first kappa shape index (κ1) is 18.9. The van der Waals surface area contributed by atoms with Crippen molar-refractivity contribution in [2.75, 3.05) is 7.11 Å². The number of aromatic amines is 1. The number of nitrogens with one attached hydrogen (secondary N) is 1. The first-order chi connectivity index (χ1) is 14.1. The summed E-state index contributed by atoms with van der Waals surface area (Å²) >= 11 is 6.21. The zero-order valence-corrected chi connectivity index (χ0v) is 16.3. The van der Waals surface area contributed by atoms with Gasteiger partial charge in [0.15, 0.2) is 0 Å². The van der Waals surface area contributed by atoms with Gasteiger partial charge in [0.2, 0.25) is 5.56 Å². The summed E-state index contributed by atoms with van der Waals surface area (Å²) in [5, 5.41) is 1.25. The number of fused-ring (bicyclic) bond motifs is 1. The number of hydrogen-bond donors (Lipinski definition) is 1. The molecule has 0 fully saturated rings. The molecule has 8 heteroatoms. The second-order valence-corrected chi connectivity index (χ2v) is 6.74. The lowest BCUT2D eigenvalue weighted by atomic mass is 10.0. The maximum atomic E-state index is 12.1. The fourth-order valence-electron chi connectivity index (χ4n) is 2.96. The second kappa shape index (κ2) is 8.28. The fourth-order valence-corrected chi connectivity index (χ4v) is 3.24. The van der Waals surface area contributed by atoms with Gasteiger partial charge in [-0.1, -0.05) is 23.7 Å². The lowest BCUT2D eigenvalue weighted by molar-refractivity contribution is 0.277. The van der Waals surface area contributed by atoms with E-state index in [2.05, 4.69) is 19.9 Å². The van der Waals surface area contributed by atoms with Crippen LogP contribution in [0.2, 0.25) is 5.02 Å². The van der Waals surface area contributed by atoms with Crippen molar-refractivity contribution in [3.8, 4) is 11.8 Å². The normalized spacial score (nSPS) is 10.8. The summed E-state index contributed by atoms with van der Waals surface area (Å²) in [5.41, 5.74) is 2.66. The zero-order valence-electron chi connectivity index (χ0n) is 15.6. The molecule has 4 aromatic rings. The Balaban J connectivity index is 1.61. The predicted octanol–water partition coefficient (Wildman–Crippen LogP) is 3.54. The van der Waals surface area contributed by atoms with E-state index >= 15 is 0 Å². The fraction of sp³-hybridized carbons (Fsp3) is 0.143. The van der Waals surface area contributed by atoms with Crippen LogP contribution in [-0.4, -0.2) is 27.0 Å². The highest BCUT2D eigenvalue weighted by molar-refractivity contribution is 6.32. The molecule has 0 aliphatic heterocycles. The largest absolute Gasteiger partial charge is 0.495 e. The third-order valence-corrected chi connectivity index (χ3v) is 4.64. The maximum Gasteiger partial charge on any atom is 0.318 e. The first-order valence-electron chi connectivity index (χ1n) is 8.86. The lowest BCUT2D eigenvalue weighted by Gasteiger charge is -2.09. The van der Waals surface area contributed by atoms with Crippen LogP contribution in [0.5, 0.6) is 11.8 Å². The molecular weight excluding hydrogens is 392 g/mol. The molecule has 0 unspecified atom stereocenters. The third-order valence-electron chi connectivity index (χ3n) is 4.35. The molecule has 3 heterocycles. The number of halogens is 1. The van der Waals surface area contributed by atoms with Gasteiger partial charge in [0.1, 0.15) is 18.0 Å². The van der Waals surface area contributed by atoms with Crippen LogP contribution in [0, 0.1) is 0 Å². The molecule has 4 rings (SSSR count). The van der Waals surface area contributed by atoms with Crippen molar-refractivity contribution < 1.29 is 9.47 Å². The SMILES string of the molecule is COc1ccc(Cc2cc(=O)[nH]c3nc(OCc4ccccn4)ncc23)cc1Cl. The van der Waals surface area contributed by atoms with Gasteiger partial charge in [-0.05, 0) is 41.8 Å². The van der Waals surface area contributed by atoms with Crippen LogP contribution < -0.4 is 15.0 Å². The third kappa shape index (κ3) is 4.35. The molecule has 0 amide bonds. The number of H-pyrrole nitrogens is 1. The number of hydrogen-bond acceptors (Lipinski definition) is 6. The highest BCUT2D eigenvalue weighted by Gasteiger charge is 2.10. The van der Waals surface area contributed by atoms with E-state index in [9.17, 15) is 4.79 Å². The Kier molecular flexibility index (Phi) is 5.39. The number of benzene rings is 1. The van der Waals surface area contributed by atoms with Gasteiger partial charge in [-0.25, -0.2) is 4.98 Å². The minimum absolute atomic E-state index is 0.170. The van der Waals surface area contributed by atoms with Crippen LogP contribution in [0.1, 0.15) is 16.8 Å². The number of ether oxygens (including phenoxy) is 2. The molecule has 0 radical (unpaired) electrons. The zero-order chi connectivity index (χ0) is 20.2. The van der Waals surface area contributed by atoms with Gasteiger partial charge in [-0.15, -0.1) is 0 Å². The quantitative estimate of drug-likeness (QED) is 0.524. The van der Waals surface area contributed by atoms with Crippen LogP contribution >= 0.6 is 11.6 Å². The van der Waals surface area contributed by atoms with Gasteiger partial charge >= 0.3 is 6.01 Å². The predicted molar refractivity (Wildman–Crippen MR) is 110 cm³/mol. The maximum absolute atomic E-state index is 12.1. The van der Waals surface area contributed by atoms with Gasteiger partial charge in [0.05, 0.1) is 17.8 Å². The Morgan fingerprint density at radius 3 is 2.79 bits per heavy atom. The molecule has 0 spiro atoms. The Labute approximate surface area is 171 Å². The molecule has 0 saturated carbocycles. The Morgan fingerprint density at radius 2 is 2.03 bits per heavy atom. The van der Waals surface area contributed by atoms with Crippen LogP contribution in [0.4, 0.5) is 0 Å². The van der Waals surface area contributed by atoms with Gasteiger partial charge in [0.25, 0.3) is 0 Å². The van der Waals surface area contributed by atoms with E-state index in [1.165, 1.54) is 6.07 Å². The molecule has 1 aromatic carbocycles. The molecular formula is C21H17ClN4O3. The average Bonchev–Trinajstić information content (AvgIpc) is 2.73. The van der Waals surface area contributed by atoms with Crippen molar-refractivity contribution in [3.05, 3.63) is 87.1 Å². The van der Waals surface area contributed by atoms with E-state index in [0.717, 1.165) is 22.2 Å². The number of methoxy groups -OCH3 is 1. The molecule has 0 saturated heterocycles. The molecule has 7 nitrogen and oxygen atoms in total. The van der Waals surface area contributed by atoms with E-state index in [4.69, 9.17) is 21.1 Å². The summed E-state index contributed by atoms with van der Waals surface area (Å²) in [4.78, 5) is 27.7. The molecule has 1 N–H and O–H groups in total. The van der Waals surface area contributed by atoms with Crippen molar-refractivity contribution in [3.63, 3.8) is 0 Å². The van der Waals surface area contributed by atoms with Crippen LogP contribution in [0.3, 0.4) is 0 Å². The standard InChI is InChI=1S/C21H17ClN4O3/c1-28-18-6-5-13(9-17(18)22)8-14-10-19(27)25-20-16(14)11-24-21(26-20)29-12-15-4-2-3-7-23-15/h2-7,9-11H,8,12H2,1H3,(H,24,25,26,27). The van der Waals surface area contributed by atoms with Gasteiger partial charge in [-0.3, -0.25) is 9.78 Å². The summed E-state index contributed by atoms with van der Waals surface area (Å²) in [6.45, 7) is 0.237. The Morgan fingerprint density at radius 1 is 1.14 bits per heavy atom.